The average molecular weight is 359 g/mol. The van der Waals surface area contributed by atoms with Gasteiger partial charge in [0, 0.05) is 6.42 Å². The predicted molar refractivity (Wildman–Crippen MR) is 104 cm³/mol. The van der Waals surface area contributed by atoms with Crippen LogP contribution in [0.25, 0.3) is 0 Å². The molecule has 1 aromatic carbocycles. The van der Waals surface area contributed by atoms with Gasteiger partial charge in [-0.1, -0.05) is 51.7 Å². The second-order valence-corrected chi connectivity index (χ2v) is 8.78. The number of benzene rings is 1. The Labute approximate surface area is 158 Å². The Morgan fingerprint density at radius 1 is 1.12 bits per heavy atom. The normalized spacial score (nSPS) is 31.7. The second kappa shape index (κ2) is 8.45. The van der Waals surface area contributed by atoms with Crippen LogP contribution in [0.5, 0.6) is 5.75 Å². The third kappa shape index (κ3) is 4.42. The van der Waals surface area contributed by atoms with Crippen molar-refractivity contribution < 1.29 is 14.6 Å². The Bertz CT molecular complexity index is 582. The molecular weight excluding hydrogens is 324 g/mol. The van der Waals surface area contributed by atoms with Gasteiger partial charge in [0.25, 0.3) is 0 Å². The quantitative estimate of drug-likeness (QED) is 0.708. The largest absolute Gasteiger partial charge is 0.493 e. The Morgan fingerprint density at radius 2 is 1.81 bits per heavy atom. The summed E-state index contributed by atoms with van der Waals surface area (Å²) < 4.78 is 6.11. The molecule has 0 radical (unpaired) electrons. The molecule has 0 aromatic heterocycles. The van der Waals surface area contributed by atoms with Crippen LogP contribution in [0.15, 0.2) is 24.3 Å². The Morgan fingerprint density at radius 3 is 2.46 bits per heavy atom. The van der Waals surface area contributed by atoms with Crippen LogP contribution in [0.2, 0.25) is 0 Å². The minimum Gasteiger partial charge on any atom is -0.493 e. The highest BCUT2D eigenvalue weighted by Crippen LogP contribution is 2.55. The second-order valence-electron chi connectivity index (χ2n) is 8.78. The van der Waals surface area contributed by atoms with Crippen molar-refractivity contribution in [3.8, 4) is 5.75 Å². The molecule has 1 aromatic rings. The molecule has 144 valence electrons. The van der Waals surface area contributed by atoms with E-state index in [0.717, 1.165) is 29.8 Å². The van der Waals surface area contributed by atoms with Crippen molar-refractivity contribution in [2.24, 2.45) is 23.2 Å². The van der Waals surface area contributed by atoms with E-state index in [0.29, 0.717) is 17.8 Å². The smallest absolute Gasteiger partial charge is 0.303 e. The topological polar surface area (TPSA) is 46.5 Å². The maximum Gasteiger partial charge on any atom is 0.303 e. The molecule has 26 heavy (non-hydrogen) atoms. The minimum atomic E-state index is -0.747. The lowest BCUT2D eigenvalue weighted by Gasteiger charge is -2.52. The lowest BCUT2D eigenvalue weighted by Crippen LogP contribution is -2.43. The van der Waals surface area contributed by atoms with Crippen LogP contribution in [0.3, 0.4) is 0 Å². The molecule has 3 atom stereocenters. The lowest BCUT2D eigenvalue weighted by molar-refractivity contribution is -0.136. The van der Waals surface area contributed by atoms with E-state index in [2.05, 4.69) is 13.8 Å². The summed E-state index contributed by atoms with van der Waals surface area (Å²) in [7, 11) is 0. The lowest BCUT2D eigenvalue weighted by atomic mass is 9.53. The number of carboxylic acid groups (broad SMARTS) is 1. The molecule has 2 saturated carbocycles. The summed E-state index contributed by atoms with van der Waals surface area (Å²) in [6, 6.07) is 7.96. The molecule has 3 unspecified atom stereocenters. The molecule has 3 heteroatoms. The van der Waals surface area contributed by atoms with Crippen LogP contribution in [0.1, 0.15) is 70.8 Å². The zero-order chi connectivity index (χ0) is 18.6. The summed E-state index contributed by atoms with van der Waals surface area (Å²) in [5, 5.41) is 8.78. The van der Waals surface area contributed by atoms with Gasteiger partial charge in [-0.3, -0.25) is 4.79 Å². The number of rotatable bonds is 6. The van der Waals surface area contributed by atoms with Crippen molar-refractivity contribution in [1.82, 2.24) is 0 Å². The van der Waals surface area contributed by atoms with Crippen LogP contribution in [0, 0.1) is 23.2 Å². The van der Waals surface area contributed by atoms with Crippen LogP contribution in [0.4, 0.5) is 0 Å². The first kappa shape index (κ1) is 19.3. The highest BCUT2D eigenvalue weighted by atomic mass is 16.5. The maximum absolute atomic E-state index is 10.7. The fraction of sp³-hybridized carbons (Fsp3) is 0.696. The molecular formula is C23H34O3. The first-order chi connectivity index (χ1) is 12.5. The summed E-state index contributed by atoms with van der Waals surface area (Å²) >= 11 is 0. The molecule has 0 aliphatic heterocycles. The summed E-state index contributed by atoms with van der Waals surface area (Å²) in [5.41, 5.74) is 1.60. The number of hydrogen-bond acceptors (Lipinski definition) is 2. The van der Waals surface area contributed by atoms with E-state index in [4.69, 9.17) is 9.84 Å². The molecule has 3 rings (SSSR count). The van der Waals surface area contributed by atoms with Crippen molar-refractivity contribution in [1.29, 1.82) is 0 Å². The van der Waals surface area contributed by atoms with Crippen LogP contribution < -0.4 is 4.74 Å². The molecule has 2 fully saturated rings. The summed E-state index contributed by atoms with van der Waals surface area (Å²) in [4.78, 5) is 10.7. The van der Waals surface area contributed by atoms with E-state index in [1.807, 2.05) is 24.3 Å². The molecule has 0 heterocycles. The van der Waals surface area contributed by atoms with Crippen molar-refractivity contribution in [3.05, 3.63) is 29.8 Å². The van der Waals surface area contributed by atoms with Gasteiger partial charge in [0.05, 0.1) is 6.61 Å². The molecule has 1 N–H and O–H groups in total. The number of aryl methyl sites for hydroxylation is 1. The van der Waals surface area contributed by atoms with Gasteiger partial charge in [0.1, 0.15) is 5.75 Å². The highest BCUT2D eigenvalue weighted by molar-refractivity contribution is 5.67. The van der Waals surface area contributed by atoms with Crippen LogP contribution in [-0.2, 0) is 11.2 Å². The first-order valence-corrected chi connectivity index (χ1v) is 10.4. The van der Waals surface area contributed by atoms with Gasteiger partial charge in [-0.25, -0.2) is 0 Å². The molecule has 2 aliphatic rings. The summed E-state index contributed by atoms with van der Waals surface area (Å²) in [5.74, 6) is 2.53. The summed E-state index contributed by atoms with van der Waals surface area (Å²) in [6.07, 6.45) is 10.3. The Hall–Kier alpha value is -1.51. The fourth-order valence-electron chi connectivity index (χ4n) is 5.51. The molecule has 0 saturated heterocycles. The van der Waals surface area contributed by atoms with Gasteiger partial charge in [0.15, 0.2) is 0 Å². The van der Waals surface area contributed by atoms with E-state index in [1.165, 1.54) is 44.9 Å². The first-order valence-electron chi connectivity index (χ1n) is 10.4. The van der Waals surface area contributed by atoms with E-state index in [9.17, 15) is 4.79 Å². The molecule has 3 nitrogen and oxygen atoms in total. The zero-order valence-corrected chi connectivity index (χ0v) is 16.4. The number of ether oxygens (including phenoxy) is 1. The van der Waals surface area contributed by atoms with Gasteiger partial charge < -0.3 is 9.84 Å². The van der Waals surface area contributed by atoms with Gasteiger partial charge in [-0.05, 0) is 66.5 Å². The van der Waals surface area contributed by atoms with E-state index >= 15 is 0 Å². The molecule has 0 amide bonds. The summed E-state index contributed by atoms with van der Waals surface area (Å²) in [6.45, 7) is 5.78. The van der Waals surface area contributed by atoms with Crippen molar-refractivity contribution >= 4 is 5.97 Å². The minimum absolute atomic E-state index is 0.181. The van der Waals surface area contributed by atoms with E-state index < -0.39 is 5.97 Å². The average Bonchev–Trinajstić information content (AvgIpc) is 2.64. The van der Waals surface area contributed by atoms with Crippen molar-refractivity contribution in [2.45, 2.75) is 71.6 Å². The van der Waals surface area contributed by atoms with Gasteiger partial charge >= 0.3 is 5.97 Å². The Balaban J connectivity index is 1.53. The number of carbonyl (C=O) groups is 1. The predicted octanol–water partition coefficient (Wildman–Crippen LogP) is 5.72. The molecule has 0 bridgehead atoms. The van der Waals surface area contributed by atoms with Gasteiger partial charge in [-0.2, -0.15) is 0 Å². The third-order valence-electron chi connectivity index (χ3n) is 7.20. The van der Waals surface area contributed by atoms with Gasteiger partial charge in [0.2, 0.25) is 0 Å². The monoisotopic (exact) mass is 358 g/mol. The van der Waals surface area contributed by atoms with Crippen molar-refractivity contribution in [3.63, 3.8) is 0 Å². The van der Waals surface area contributed by atoms with Crippen LogP contribution in [-0.4, -0.2) is 17.7 Å². The molecule has 1 spiro atoms. The van der Waals surface area contributed by atoms with E-state index in [-0.39, 0.29) is 6.42 Å². The Kier molecular flexibility index (Phi) is 6.26. The van der Waals surface area contributed by atoms with Crippen molar-refractivity contribution in [2.75, 3.05) is 6.61 Å². The highest BCUT2D eigenvalue weighted by Gasteiger charge is 2.46. The third-order valence-corrected chi connectivity index (χ3v) is 7.20. The number of aliphatic carboxylic acids is 1. The standard InChI is InChI=1S/C23H34O3/c1-17-5-3-6-18(2)23(17)14-4-7-20(15-23)16-26-21-11-8-19(9-12-21)10-13-22(24)25/h8-9,11-12,17-18,20H,3-7,10,13-16H2,1-2H3,(H,24,25). The zero-order valence-electron chi connectivity index (χ0n) is 16.4. The fourth-order valence-corrected chi connectivity index (χ4v) is 5.51. The van der Waals surface area contributed by atoms with E-state index in [1.54, 1.807) is 0 Å². The SMILES string of the molecule is CC1CCCC(C)C12CCCC(COc1ccc(CCC(=O)O)cc1)C2. The number of carboxylic acids is 1. The van der Waals surface area contributed by atoms with Crippen LogP contribution >= 0.6 is 0 Å². The maximum atomic E-state index is 10.7. The molecule has 2 aliphatic carbocycles. The van der Waals surface area contributed by atoms with Gasteiger partial charge in [-0.15, -0.1) is 0 Å². The number of hydrogen-bond donors (Lipinski definition) is 1.